The highest BCUT2D eigenvalue weighted by Crippen LogP contribution is 2.25. The Kier molecular flexibility index (Phi) is 4.34. The lowest BCUT2D eigenvalue weighted by Crippen LogP contribution is -2.11. The first kappa shape index (κ1) is 16.8. The molecule has 3 aromatic carbocycles. The minimum Gasteiger partial charge on any atom is -0.497 e. The van der Waals surface area contributed by atoms with Crippen LogP contribution >= 0.6 is 0 Å². The van der Waals surface area contributed by atoms with Crippen LogP contribution in [-0.2, 0) is 7.05 Å². The first-order chi connectivity index (χ1) is 13.2. The predicted molar refractivity (Wildman–Crippen MR) is 107 cm³/mol. The Morgan fingerprint density at radius 1 is 1.00 bits per heavy atom. The van der Waals surface area contributed by atoms with Gasteiger partial charge in [0.25, 0.3) is 5.91 Å². The molecule has 0 radical (unpaired) electrons. The van der Waals surface area contributed by atoms with Crippen LogP contribution in [0, 0.1) is 0 Å². The minimum atomic E-state index is -0.176. The van der Waals surface area contributed by atoms with Gasteiger partial charge in [0.1, 0.15) is 11.6 Å². The Balaban J connectivity index is 1.56. The molecule has 0 saturated heterocycles. The summed E-state index contributed by atoms with van der Waals surface area (Å²) in [6.07, 6.45) is 0. The number of anilines is 1. The summed E-state index contributed by atoms with van der Waals surface area (Å²) < 4.78 is 7.24. The molecule has 0 saturated carbocycles. The van der Waals surface area contributed by atoms with Gasteiger partial charge >= 0.3 is 0 Å². The van der Waals surface area contributed by atoms with Gasteiger partial charge in [-0.1, -0.05) is 18.2 Å². The maximum atomic E-state index is 12.4. The van der Waals surface area contributed by atoms with Gasteiger partial charge in [-0.25, -0.2) is 4.98 Å². The molecule has 0 aliphatic carbocycles. The van der Waals surface area contributed by atoms with E-state index in [2.05, 4.69) is 16.0 Å². The number of amides is 1. The number of imidazole rings is 1. The standard InChI is InChI=1S/C22H19N3O2/c1-25-20-9-4-3-8-19(20)24-21(25)15-10-12-17(13-11-15)23-22(26)16-6-5-7-18(14-16)27-2/h3-14H,1-2H3,(H,23,26). The molecule has 0 aliphatic rings. The maximum Gasteiger partial charge on any atom is 0.255 e. The topological polar surface area (TPSA) is 56.1 Å². The molecule has 0 unspecified atom stereocenters. The van der Waals surface area contributed by atoms with Crippen molar-refractivity contribution in [1.29, 1.82) is 0 Å². The molecule has 4 rings (SSSR count). The molecule has 1 N–H and O–H groups in total. The summed E-state index contributed by atoms with van der Waals surface area (Å²) in [6, 6.07) is 22.8. The van der Waals surface area contributed by atoms with E-state index in [0.29, 0.717) is 11.3 Å². The number of benzene rings is 3. The highest BCUT2D eigenvalue weighted by atomic mass is 16.5. The summed E-state index contributed by atoms with van der Waals surface area (Å²) in [5.41, 5.74) is 4.32. The van der Waals surface area contributed by atoms with Gasteiger partial charge in [-0.15, -0.1) is 0 Å². The van der Waals surface area contributed by atoms with E-state index in [4.69, 9.17) is 9.72 Å². The lowest BCUT2D eigenvalue weighted by Gasteiger charge is -2.08. The number of aromatic nitrogens is 2. The smallest absolute Gasteiger partial charge is 0.255 e. The summed E-state index contributed by atoms with van der Waals surface area (Å²) >= 11 is 0. The Labute approximate surface area is 157 Å². The number of hydrogen-bond donors (Lipinski definition) is 1. The fraction of sp³-hybridized carbons (Fsp3) is 0.0909. The highest BCUT2D eigenvalue weighted by molar-refractivity contribution is 6.04. The van der Waals surface area contributed by atoms with Crippen LogP contribution in [0.2, 0.25) is 0 Å². The van der Waals surface area contributed by atoms with E-state index in [1.165, 1.54) is 0 Å². The fourth-order valence-electron chi connectivity index (χ4n) is 3.07. The van der Waals surface area contributed by atoms with E-state index in [-0.39, 0.29) is 5.91 Å². The molecular formula is C22H19N3O2. The van der Waals surface area contributed by atoms with Crippen molar-refractivity contribution in [2.45, 2.75) is 0 Å². The van der Waals surface area contributed by atoms with Crippen LogP contribution < -0.4 is 10.1 Å². The molecule has 0 spiro atoms. The zero-order valence-electron chi connectivity index (χ0n) is 15.1. The molecule has 5 heteroatoms. The van der Waals surface area contributed by atoms with Crippen molar-refractivity contribution in [1.82, 2.24) is 9.55 Å². The maximum absolute atomic E-state index is 12.4. The second-order valence-electron chi connectivity index (χ2n) is 6.25. The summed E-state index contributed by atoms with van der Waals surface area (Å²) in [5, 5.41) is 2.91. The number of methoxy groups -OCH3 is 1. The molecule has 0 atom stereocenters. The van der Waals surface area contributed by atoms with Crippen LogP contribution in [0.1, 0.15) is 10.4 Å². The van der Waals surface area contributed by atoms with Gasteiger partial charge in [-0.2, -0.15) is 0 Å². The molecule has 1 heterocycles. The largest absolute Gasteiger partial charge is 0.497 e. The predicted octanol–water partition coefficient (Wildman–Crippen LogP) is 4.50. The molecule has 5 nitrogen and oxygen atoms in total. The zero-order valence-corrected chi connectivity index (χ0v) is 15.1. The van der Waals surface area contributed by atoms with Crippen LogP contribution in [0.15, 0.2) is 72.8 Å². The number of nitrogens with one attached hydrogen (secondary N) is 1. The third kappa shape index (κ3) is 3.27. The summed E-state index contributed by atoms with van der Waals surface area (Å²) in [4.78, 5) is 17.1. The molecule has 134 valence electrons. The van der Waals surface area contributed by atoms with Gasteiger partial charge in [-0.3, -0.25) is 4.79 Å². The number of aryl methyl sites for hydroxylation is 1. The van der Waals surface area contributed by atoms with Gasteiger partial charge in [0, 0.05) is 23.9 Å². The van der Waals surface area contributed by atoms with Crippen LogP contribution in [0.5, 0.6) is 5.75 Å². The van der Waals surface area contributed by atoms with E-state index in [0.717, 1.165) is 28.1 Å². The normalized spacial score (nSPS) is 10.7. The summed E-state index contributed by atoms with van der Waals surface area (Å²) in [6.45, 7) is 0. The van der Waals surface area contributed by atoms with Crippen molar-refractivity contribution in [3.05, 3.63) is 78.4 Å². The van der Waals surface area contributed by atoms with E-state index >= 15 is 0 Å². The van der Waals surface area contributed by atoms with Gasteiger partial charge in [0.05, 0.1) is 18.1 Å². The first-order valence-corrected chi connectivity index (χ1v) is 8.63. The molecule has 27 heavy (non-hydrogen) atoms. The summed E-state index contributed by atoms with van der Waals surface area (Å²) in [5.74, 6) is 1.37. The van der Waals surface area contributed by atoms with Crippen molar-refractivity contribution < 1.29 is 9.53 Å². The quantitative estimate of drug-likeness (QED) is 0.585. The number of hydrogen-bond acceptors (Lipinski definition) is 3. The lowest BCUT2D eigenvalue weighted by atomic mass is 10.1. The van der Waals surface area contributed by atoms with Crippen LogP contribution in [-0.4, -0.2) is 22.6 Å². The number of fused-ring (bicyclic) bond motifs is 1. The minimum absolute atomic E-state index is 0.176. The van der Waals surface area contributed by atoms with E-state index in [1.54, 1.807) is 25.3 Å². The molecule has 1 amide bonds. The van der Waals surface area contributed by atoms with Crippen LogP contribution in [0.4, 0.5) is 5.69 Å². The number of carbonyl (C=O) groups is 1. The van der Waals surface area contributed by atoms with Gasteiger partial charge in [0.15, 0.2) is 0 Å². The van der Waals surface area contributed by atoms with E-state index in [9.17, 15) is 4.79 Å². The van der Waals surface area contributed by atoms with Crippen molar-refractivity contribution >= 4 is 22.6 Å². The van der Waals surface area contributed by atoms with Gasteiger partial charge in [-0.05, 0) is 54.6 Å². The molecule has 1 aromatic heterocycles. The average Bonchev–Trinajstić information content (AvgIpc) is 3.05. The van der Waals surface area contributed by atoms with Crippen LogP contribution in [0.25, 0.3) is 22.4 Å². The van der Waals surface area contributed by atoms with E-state index < -0.39 is 0 Å². The number of carbonyl (C=O) groups excluding carboxylic acids is 1. The Bertz CT molecular complexity index is 1110. The number of para-hydroxylation sites is 2. The van der Waals surface area contributed by atoms with Crippen molar-refractivity contribution in [2.75, 3.05) is 12.4 Å². The molecule has 0 bridgehead atoms. The third-order valence-electron chi connectivity index (χ3n) is 4.52. The Morgan fingerprint density at radius 3 is 2.52 bits per heavy atom. The van der Waals surface area contributed by atoms with Crippen LogP contribution in [0.3, 0.4) is 0 Å². The highest BCUT2D eigenvalue weighted by Gasteiger charge is 2.11. The Morgan fingerprint density at radius 2 is 1.78 bits per heavy atom. The SMILES string of the molecule is COc1cccc(C(=O)Nc2ccc(-c3nc4ccccc4n3C)cc2)c1. The first-order valence-electron chi connectivity index (χ1n) is 8.63. The average molecular weight is 357 g/mol. The molecule has 0 aliphatic heterocycles. The Hall–Kier alpha value is -3.60. The second-order valence-corrected chi connectivity index (χ2v) is 6.25. The third-order valence-corrected chi connectivity index (χ3v) is 4.52. The van der Waals surface area contributed by atoms with E-state index in [1.807, 2.05) is 55.6 Å². The van der Waals surface area contributed by atoms with Crippen molar-refractivity contribution in [3.8, 4) is 17.1 Å². The van der Waals surface area contributed by atoms with Gasteiger partial charge < -0.3 is 14.6 Å². The summed E-state index contributed by atoms with van der Waals surface area (Å²) in [7, 11) is 3.58. The van der Waals surface area contributed by atoms with Crippen molar-refractivity contribution in [2.24, 2.45) is 7.05 Å². The number of nitrogens with zero attached hydrogens (tertiary/aromatic N) is 2. The monoisotopic (exact) mass is 357 g/mol. The molecular weight excluding hydrogens is 338 g/mol. The number of ether oxygens (including phenoxy) is 1. The van der Waals surface area contributed by atoms with Gasteiger partial charge in [0.2, 0.25) is 0 Å². The fourth-order valence-corrected chi connectivity index (χ4v) is 3.07. The van der Waals surface area contributed by atoms with Crippen molar-refractivity contribution in [3.63, 3.8) is 0 Å². The number of rotatable bonds is 4. The zero-order chi connectivity index (χ0) is 18.8. The second kappa shape index (κ2) is 6.96. The lowest BCUT2D eigenvalue weighted by molar-refractivity contribution is 0.102. The molecule has 4 aromatic rings. The molecule has 0 fully saturated rings.